The number of benzene rings is 2. The van der Waals surface area contributed by atoms with Gasteiger partial charge in [-0.05, 0) is 51.8 Å². The molecule has 0 aliphatic heterocycles. The van der Waals surface area contributed by atoms with Crippen LogP contribution in [0.1, 0.15) is 5.56 Å². The Morgan fingerprint density at radius 1 is 1.15 bits per heavy atom. The first-order valence-electron chi connectivity index (χ1n) is 5.59. The van der Waals surface area contributed by atoms with Gasteiger partial charge in [0, 0.05) is 22.8 Å². The molecule has 7 heteroatoms. The zero-order valence-corrected chi connectivity index (χ0v) is 13.2. The number of nitro benzene ring substituents is 1. The second-order valence-corrected chi connectivity index (χ2v) is 5.72. The summed E-state index contributed by atoms with van der Waals surface area (Å²) in [5, 5.41) is 13.9. The van der Waals surface area contributed by atoms with Crippen molar-refractivity contribution in [2.24, 2.45) is 0 Å². The molecule has 0 amide bonds. The molecule has 0 aliphatic rings. The SMILES string of the molecule is O=[N+]([O-])c1cc(NCc2cc(F)ccc2Br)ccc1Br. The first-order chi connectivity index (χ1) is 9.47. The Morgan fingerprint density at radius 2 is 1.85 bits per heavy atom. The normalized spacial score (nSPS) is 10.3. The summed E-state index contributed by atoms with van der Waals surface area (Å²) < 4.78 is 14.3. The van der Waals surface area contributed by atoms with Gasteiger partial charge in [0.15, 0.2) is 0 Å². The minimum atomic E-state index is -0.465. The van der Waals surface area contributed by atoms with Gasteiger partial charge in [0.1, 0.15) is 5.82 Å². The van der Waals surface area contributed by atoms with Gasteiger partial charge in [-0.2, -0.15) is 0 Å². The van der Waals surface area contributed by atoms with Gasteiger partial charge in [-0.3, -0.25) is 10.1 Å². The predicted molar refractivity (Wildman–Crippen MR) is 82.2 cm³/mol. The molecule has 2 rings (SSSR count). The number of anilines is 1. The van der Waals surface area contributed by atoms with Gasteiger partial charge >= 0.3 is 0 Å². The first-order valence-corrected chi connectivity index (χ1v) is 7.17. The van der Waals surface area contributed by atoms with E-state index in [9.17, 15) is 14.5 Å². The third-order valence-electron chi connectivity index (χ3n) is 2.63. The highest BCUT2D eigenvalue weighted by Gasteiger charge is 2.12. The van der Waals surface area contributed by atoms with Gasteiger partial charge in [0.25, 0.3) is 5.69 Å². The van der Waals surface area contributed by atoms with Crippen LogP contribution in [-0.4, -0.2) is 4.92 Å². The molecule has 0 unspecified atom stereocenters. The van der Waals surface area contributed by atoms with E-state index in [1.807, 2.05) is 0 Å². The molecule has 0 radical (unpaired) electrons. The van der Waals surface area contributed by atoms with Crippen molar-refractivity contribution in [2.45, 2.75) is 6.54 Å². The molecule has 20 heavy (non-hydrogen) atoms. The van der Waals surface area contributed by atoms with E-state index >= 15 is 0 Å². The zero-order chi connectivity index (χ0) is 14.7. The topological polar surface area (TPSA) is 55.2 Å². The van der Waals surface area contributed by atoms with E-state index in [4.69, 9.17) is 0 Å². The van der Waals surface area contributed by atoms with Gasteiger partial charge in [-0.25, -0.2) is 4.39 Å². The number of hydrogen-bond acceptors (Lipinski definition) is 3. The predicted octanol–water partition coefficient (Wildman–Crippen LogP) is 4.87. The second-order valence-electron chi connectivity index (χ2n) is 4.01. The molecule has 2 aromatic rings. The summed E-state index contributed by atoms with van der Waals surface area (Å²) in [4.78, 5) is 10.4. The van der Waals surface area contributed by atoms with Crippen molar-refractivity contribution in [3.05, 3.63) is 66.8 Å². The molecule has 104 valence electrons. The lowest BCUT2D eigenvalue weighted by atomic mass is 10.2. The van der Waals surface area contributed by atoms with Gasteiger partial charge in [0.2, 0.25) is 0 Å². The molecule has 1 N–H and O–H groups in total. The minimum Gasteiger partial charge on any atom is -0.381 e. The number of nitrogens with one attached hydrogen (secondary N) is 1. The van der Waals surface area contributed by atoms with E-state index in [2.05, 4.69) is 37.2 Å². The molecule has 0 aromatic heterocycles. The van der Waals surface area contributed by atoms with Crippen LogP contribution >= 0.6 is 31.9 Å². The monoisotopic (exact) mass is 402 g/mol. The van der Waals surface area contributed by atoms with Crippen molar-refractivity contribution in [3.8, 4) is 0 Å². The molecule has 0 atom stereocenters. The van der Waals surface area contributed by atoms with Crippen molar-refractivity contribution < 1.29 is 9.31 Å². The molecule has 0 aliphatic carbocycles. The van der Waals surface area contributed by atoms with Gasteiger partial charge in [0.05, 0.1) is 9.40 Å². The lowest BCUT2D eigenvalue weighted by Gasteiger charge is -2.09. The quantitative estimate of drug-likeness (QED) is 0.585. The Hall–Kier alpha value is -1.47. The van der Waals surface area contributed by atoms with Gasteiger partial charge < -0.3 is 5.32 Å². The smallest absolute Gasteiger partial charge is 0.285 e. The van der Waals surface area contributed by atoms with Crippen LogP contribution < -0.4 is 5.32 Å². The summed E-state index contributed by atoms with van der Waals surface area (Å²) >= 11 is 6.45. The average Bonchev–Trinajstić information content (AvgIpc) is 2.41. The van der Waals surface area contributed by atoms with Crippen molar-refractivity contribution in [3.63, 3.8) is 0 Å². The highest BCUT2D eigenvalue weighted by Crippen LogP contribution is 2.28. The number of hydrogen-bond donors (Lipinski definition) is 1. The zero-order valence-electron chi connectivity index (χ0n) is 10.1. The lowest BCUT2D eigenvalue weighted by Crippen LogP contribution is -2.01. The average molecular weight is 404 g/mol. The van der Waals surface area contributed by atoms with Crippen molar-refractivity contribution >= 4 is 43.2 Å². The van der Waals surface area contributed by atoms with Crippen LogP contribution in [0.2, 0.25) is 0 Å². The summed E-state index contributed by atoms with van der Waals surface area (Å²) in [5.41, 5.74) is 1.31. The highest BCUT2D eigenvalue weighted by atomic mass is 79.9. The molecule has 0 saturated carbocycles. The van der Waals surface area contributed by atoms with Crippen LogP contribution in [-0.2, 0) is 6.54 Å². The van der Waals surface area contributed by atoms with Crippen molar-refractivity contribution in [2.75, 3.05) is 5.32 Å². The van der Waals surface area contributed by atoms with Crippen molar-refractivity contribution in [1.29, 1.82) is 0 Å². The fraction of sp³-hybridized carbons (Fsp3) is 0.0769. The van der Waals surface area contributed by atoms with Crippen LogP contribution in [0.15, 0.2) is 45.3 Å². The largest absolute Gasteiger partial charge is 0.381 e. The molecule has 4 nitrogen and oxygen atoms in total. The molecule has 0 saturated heterocycles. The molecule has 0 bridgehead atoms. The maximum atomic E-state index is 13.2. The summed E-state index contributed by atoms with van der Waals surface area (Å²) in [7, 11) is 0. The third kappa shape index (κ3) is 3.55. The standard InChI is InChI=1S/C13H9Br2FN2O2/c14-11-3-1-9(16)5-8(11)7-17-10-2-4-12(15)13(6-10)18(19)20/h1-6,17H,7H2. The van der Waals surface area contributed by atoms with E-state index in [1.54, 1.807) is 18.2 Å². The van der Waals surface area contributed by atoms with Crippen LogP contribution in [0.4, 0.5) is 15.8 Å². The second kappa shape index (κ2) is 6.32. The van der Waals surface area contributed by atoms with Crippen LogP contribution in [0.25, 0.3) is 0 Å². The highest BCUT2D eigenvalue weighted by molar-refractivity contribution is 9.10. The maximum absolute atomic E-state index is 13.2. The third-order valence-corrected chi connectivity index (χ3v) is 4.08. The van der Waals surface area contributed by atoms with Crippen LogP contribution in [0, 0.1) is 15.9 Å². The summed E-state index contributed by atoms with van der Waals surface area (Å²) in [6.45, 7) is 0.358. The molecule has 0 spiro atoms. The minimum absolute atomic E-state index is 0.0201. The van der Waals surface area contributed by atoms with E-state index in [0.29, 0.717) is 16.7 Å². The first kappa shape index (κ1) is 14.9. The lowest BCUT2D eigenvalue weighted by molar-refractivity contribution is -0.385. The fourth-order valence-electron chi connectivity index (χ4n) is 1.64. The van der Waals surface area contributed by atoms with Gasteiger partial charge in [-0.15, -0.1) is 0 Å². The maximum Gasteiger partial charge on any atom is 0.285 e. The summed E-state index contributed by atoms with van der Waals surface area (Å²) in [6.07, 6.45) is 0. The molecule has 0 fully saturated rings. The number of nitro groups is 1. The van der Waals surface area contributed by atoms with Crippen LogP contribution in [0.5, 0.6) is 0 Å². The number of nitrogens with zero attached hydrogens (tertiary/aromatic N) is 1. The number of halogens is 3. The molecule has 2 aromatic carbocycles. The Morgan fingerprint density at radius 3 is 2.55 bits per heavy atom. The van der Waals surface area contributed by atoms with Crippen molar-refractivity contribution in [1.82, 2.24) is 0 Å². The van der Waals surface area contributed by atoms with E-state index < -0.39 is 4.92 Å². The van der Waals surface area contributed by atoms with Gasteiger partial charge in [-0.1, -0.05) is 15.9 Å². The van der Waals surface area contributed by atoms with Crippen LogP contribution in [0.3, 0.4) is 0 Å². The fourth-order valence-corrected chi connectivity index (χ4v) is 2.42. The van der Waals surface area contributed by atoms with E-state index in [-0.39, 0.29) is 11.5 Å². The molecule has 0 heterocycles. The Bertz CT molecular complexity index is 665. The Labute approximate surface area is 131 Å². The van der Waals surface area contributed by atoms with E-state index in [0.717, 1.165) is 10.0 Å². The molecular formula is C13H9Br2FN2O2. The van der Waals surface area contributed by atoms with E-state index in [1.165, 1.54) is 18.2 Å². The summed E-state index contributed by atoms with van der Waals surface area (Å²) in [5.74, 6) is -0.327. The number of rotatable bonds is 4. The molecular weight excluding hydrogens is 395 g/mol. The Kier molecular flexibility index (Phi) is 4.72. The Balaban J connectivity index is 2.17. The summed E-state index contributed by atoms with van der Waals surface area (Å²) in [6, 6.07) is 9.13.